The zero-order chi connectivity index (χ0) is 22.9. The van der Waals surface area contributed by atoms with Gasteiger partial charge in [0, 0.05) is 11.9 Å². The van der Waals surface area contributed by atoms with Crippen LogP contribution in [-0.4, -0.2) is 25.9 Å². The SMILES string of the molecule is O=S(=O)(Nc1cc(C(F)(F)F)cc(C(F)(F)F)c1)C1C=CC(CCC2C=CC=N2)=CC1. The summed E-state index contributed by atoms with van der Waals surface area (Å²) in [6.07, 6.45) is 1.46. The Labute approximate surface area is 175 Å². The Morgan fingerprint density at radius 3 is 2.13 bits per heavy atom. The molecular weight excluding hydrogens is 446 g/mol. The largest absolute Gasteiger partial charge is 0.416 e. The number of hydrogen-bond acceptors (Lipinski definition) is 3. The number of rotatable bonds is 6. The molecule has 2 unspecified atom stereocenters. The lowest BCUT2D eigenvalue weighted by molar-refractivity contribution is -0.143. The highest BCUT2D eigenvalue weighted by Crippen LogP contribution is 2.38. The van der Waals surface area contributed by atoms with Gasteiger partial charge in [0.2, 0.25) is 10.0 Å². The molecule has 0 aromatic heterocycles. The summed E-state index contributed by atoms with van der Waals surface area (Å²) in [5.41, 5.74) is -3.09. The Hall–Kier alpha value is -2.56. The molecule has 1 aliphatic carbocycles. The molecule has 3 rings (SSSR count). The number of halogens is 6. The number of benzene rings is 1. The van der Waals surface area contributed by atoms with Crippen LogP contribution in [0.4, 0.5) is 32.0 Å². The third kappa shape index (κ3) is 5.99. The van der Waals surface area contributed by atoms with Crippen molar-refractivity contribution in [1.29, 1.82) is 0 Å². The van der Waals surface area contributed by atoms with Crippen LogP contribution < -0.4 is 4.72 Å². The minimum atomic E-state index is -5.07. The molecule has 0 amide bonds. The van der Waals surface area contributed by atoms with Gasteiger partial charge in [0.25, 0.3) is 0 Å². The number of nitrogens with one attached hydrogen (secondary N) is 1. The fraction of sp³-hybridized carbons (Fsp3) is 0.350. The van der Waals surface area contributed by atoms with Crippen LogP contribution in [0, 0.1) is 0 Å². The predicted molar refractivity (Wildman–Crippen MR) is 105 cm³/mol. The van der Waals surface area contributed by atoms with Crippen LogP contribution in [0.2, 0.25) is 0 Å². The van der Waals surface area contributed by atoms with E-state index in [1.54, 1.807) is 18.4 Å². The molecule has 2 aliphatic rings. The van der Waals surface area contributed by atoms with Gasteiger partial charge in [-0.25, -0.2) is 8.42 Å². The fourth-order valence-electron chi connectivity index (χ4n) is 3.19. The molecule has 11 heteroatoms. The summed E-state index contributed by atoms with van der Waals surface area (Å²) in [4.78, 5) is 4.22. The minimum Gasteiger partial charge on any atom is -0.286 e. The highest BCUT2D eigenvalue weighted by molar-refractivity contribution is 7.93. The number of hydrogen-bond donors (Lipinski definition) is 1. The average molecular weight is 464 g/mol. The van der Waals surface area contributed by atoms with Gasteiger partial charge in [-0.1, -0.05) is 29.9 Å². The first-order valence-corrected chi connectivity index (χ1v) is 10.8. The van der Waals surface area contributed by atoms with Crippen molar-refractivity contribution >= 4 is 21.9 Å². The minimum absolute atomic E-state index is 0.0516. The average Bonchev–Trinajstić information content (AvgIpc) is 3.18. The second-order valence-electron chi connectivity index (χ2n) is 7.14. The van der Waals surface area contributed by atoms with Crippen molar-refractivity contribution in [3.05, 3.63) is 65.3 Å². The van der Waals surface area contributed by atoms with Crippen molar-refractivity contribution in [3.63, 3.8) is 0 Å². The Morgan fingerprint density at radius 2 is 1.65 bits per heavy atom. The Morgan fingerprint density at radius 1 is 1.00 bits per heavy atom. The number of allylic oxidation sites excluding steroid dienone is 4. The van der Waals surface area contributed by atoms with E-state index in [0.29, 0.717) is 18.6 Å². The maximum atomic E-state index is 13.0. The maximum absolute atomic E-state index is 13.0. The van der Waals surface area contributed by atoms with Gasteiger partial charge in [-0.2, -0.15) is 26.3 Å². The lowest BCUT2D eigenvalue weighted by Gasteiger charge is -2.20. The van der Waals surface area contributed by atoms with Crippen LogP contribution in [0.3, 0.4) is 0 Å². The molecule has 0 fully saturated rings. The first kappa shape index (κ1) is 23.1. The van der Waals surface area contributed by atoms with Gasteiger partial charge in [0.15, 0.2) is 0 Å². The van der Waals surface area contributed by atoms with Crippen molar-refractivity contribution in [2.75, 3.05) is 4.72 Å². The van der Waals surface area contributed by atoms with Gasteiger partial charge in [-0.3, -0.25) is 9.71 Å². The summed E-state index contributed by atoms with van der Waals surface area (Å²) in [7, 11) is -4.27. The van der Waals surface area contributed by atoms with Crippen molar-refractivity contribution in [1.82, 2.24) is 0 Å². The first-order valence-electron chi connectivity index (χ1n) is 9.23. The maximum Gasteiger partial charge on any atom is 0.416 e. The van der Waals surface area contributed by atoms with Crippen LogP contribution in [0.5, 0.6) is 0 Å². The zero-order valence-corrected chi connectivity index (χ0v) is 16.7. The van der Waals surface area contributed by atoms with Gasteiger partial charge in [0.1, 0.15) is 5.25 Å². The van der Waals surface area contributed by atoms with E-state index in [1.165, 1.54) is 6.08 Å². The van der Waals surface area contributed by atoms with Crippen molar-refractivity contribution in [2.24, 2.45) is 4.99 Å². The number of sulfonamides is 1. The second kappa shape index (κ2) is 8.52. The van der Waals surface area contributed by atoms with E-state index >= 15 is 0 Å². The van der Waals surface area contributed by atoms with Crippen molar-refractivity contribution < 1.29 is 34.8 Å². The molecule has 0 bridgehead atoms. The number of anilines is 1. The molecule has 168 valence electrons. The Balaban J connectivity index is 1.73. The number of nitrogens with zero attached hydrogens (tertiary/aromatic N) is 1. The molecule has 0 spiro atoms. The smallest absolute Gasteiger partial charge is 0.286 e. The first-order chi connectivity index (χ1) is 14.3. The van der Waals surface area contributed by atoms with E-state index < -0.39 is 44.4 Å². The lowest BCUT2D eigenvalue weighted by Crippen LogP contribution is -2.27. The van der Waals surface area contributed by atoms with E-state index in [1.807, 2.05) is 16.9 Å². The quantitative estimate of drug-likeness (QED) is 0.565. The lowest BCUT2D eigenvalue weighted by atomic mass is 10.0. The summed E-state index contributed by atoms with van der Waals surface area (Å²) < 4.78 is 105. The van der Waals surface area contributed by atoms with E-state index in [9.17, 15) is 34.8 Å². The second-order valence-corrected chi connectivity index (χ2v) is 9.04. The van der Waals surface area contributed by atoms with E-state index in [0.717, 1.165) is 12.0 Å². The summed E-state index contributed by atoms with van der Waals surface area (Å²) in [6.45, 7) is 0. The summed E-state index contributed by atoms with van der Waals surface area (Å²) >= 11 is 0. The van der Waals surface area contributed by atoms with Gasteiger partial charge < -0.3 is 0 Å². The number of alkyl halides is 6. The molecule has 1 N–H and O–H groups in total. The van der Waals surface area contributed by atoms with Gasteiger partial charge in [-0.15, -0.1) is 0 Å². The Bertz CT molecular complexity index is 1010. The predicted octanol–water partition coefficient (Wildman–Crippen LogP) is 5.51. The molecule has 1 aromatic rings. The zero-order valence-electron chi connectivity index (χ0n) is 15.9. The van der Waals surface area contributed by atoms with Crippen LogP contribution in [0.25, 0.3) is 0 Å². The van der Waals surface area contributed by atoms with Crippen LogP contribution >= 0.6 is 0 Å². The van der Waals surface area contributed by atoms with Crippen LogP contribution in [0.15, 0.2) is 59.1 Å². The molecule has 1 heterocycles. The molecule has 2 atom stereocenters. The fourth-order valence-corrected chi connectivity index (χ4v) is 4.42. The molecular formula is C20H18F6N2O2S. The van der Waals surface area contributed by atoms with Gasteiger partial charge in [-0.05, 0) is 43.5 Å². The Kier molecular flexibility index (Phi) is 6.35. The topological polar surface area (TPSA) is 58.5 Å². The molecule has 0 saturated heterocycles. The van der Waals surface area contributed by atoms with Crippen molar-refractivity contribution in [3.8, 4) is 0 Å². The van der Waals surface area contributed by atoms with E-state index in [4.69, 9.17) is 0 Å². The molecule has 31 heavy (non-hydrogen) atoms. The van der Waals surface area contributed by atoms with E-state index in [-0.39, 0.29) is 18.5 Å². The highest BCUT2D eigenvalue weighted by atomic mass is 32.2. The van der Waals surface area contributed by atoms with Gasteiger partial charge >= 0.3 is 12.4 Å². The molecule has 0 saturated carbocycles. The molecule has 0 radical (unpaired) electrons. The van der Waals surface area contributed by atoms with Crippen molar-refractivity contribution in [2.45, 2.75) is 42.9 Å². The number of aliphatic imine (C=N–C) groups is 1. The summed E-state index contributed by atoms with van der Waals surface area (Å²) in [5.74, 6) is 0. The normalized spacial score (nSPS) is 21.4. The third-order valence-electron chi connectivity index (χ3n) is 4.81. The monoisotopic (exact) mass is 464 g/mol. The molecule has 1 aromatic carbocycles. The van der Waals surface area contributed by atoms with Crippen LogP contribution in [0.1, 0.15) is 30.4 Å². The van der Waals surface area contributed by atoms with E-state index in [2.05, 4.69) is 4.99 Å². The summed E-state index contributed by atoms with van der Waals surface area (Å²) in [6, 6.07) is 0.699. The molecule has 1 aliphatic heterocycles. The molecule has 4 nitrogen and oxygen atoms in total. The third-order valence-corrected chi connectivity index (χ3v) is 6.48. The highest BCUT2D eigenvalue weighted by Gasteiger charge is 2.37. The standard InChI is InChI=1S/C20H18F6N2O2S/c21-19(22,23)14-10-15(20(24,25)26)12-17(11-14)28-31(29,30)18-7-4-13(5-8-18)3-6-16-2-1-9-27-16/h1-2,4-5,7,9-12,16,18,28H,3,6,8H2. The summed E-state index contributed by atoms with van der Waals surface area (Å²) in [5, 5.41) is -1.12. The van der Waals surface area contributed by atoms with Crippen LogP contribution in [-0.2, 0) is 22.4 Å². The van der Waals surface area contributed by atoms with Gasteiger partial charge in [0.05, 0.1) is 17.2 Å².